The molecular weight excluding hydrogens is 241 g/mol. The van der Waals surface area contributed by atoms with E-state index < -0.39 is 5.91 Å². The number of anilines is 1. The first-order valence-electron chi connectivity index (χ1n) is 3.88. The van der Waals surface area contributed by atoms with Crippen LogP contribution in [-0.4, -0.2) is 19.3 Å². The minimum Gasteiger partial charge on any atom is -0.495 e. The zero-order valence-electron chi connectivity index (χ0n) is 7.71. The molecule has 0 bridgehead atoms. The normalized spacial score (nSPS) is 9.53. The number of benzene rings is 1. The summed E-state index contributed by atoms with van der Waals surface area (Å²) in [5.41, 5.74) is 0.263. The lowest BCUT2D eigenvalue weighted by Crippen LogP contribution is -2.12. The van der Waals surface area contributed by atoms with Crippen molar-refractivity contribution in [3.05, 3.63) is 22.2 Å². The summed E-state index contributed by atoms with van der Waals surface area (Å²) in [7, 11) is 1.45. The van der Waals surface area contributed by atoms with Gasteiger partial charge in [-0.3, -0.25) is 9.59 Å². The molecule has 0 radical (unpaired) electrons. The standard InChI is InChI=1S/C9H7Cl2NO3/c1-15-6-3-2-5(8(10)9(6)11)12-7(14)4-13/h2-4H,1H3,(H,12,14). The van der Waals surface area contributed by atoms with Crippen molar-refractivity contribution in [2.75, 3.05) is 12.4 Å². The fourth-order valence-corrected chi connectivity index (χ4v) is 1.39. The number of hydrogen-bond donors (Lipinski definition) is 1. The Morgan fingerprint density at radius 3 is 2.60 bits per heavy atom. The summed E-state index contributed by atoms with van der Waals surface area (Å²) in [6.07, 6.45) is 0.147. The van der Waals surface area contributed by atoms with E-state index in [1.54, 1.807) is 0 Å². The monoisotopic (exact) mass is 247 g/mol. The van der Waals surface area contributed by atoms with Crippen molar-refractivity contribution in [2.45, 2.75) is 0 Å². The molecule has 0 aromatic heterocycles. The maximum absolute atomic E-state index is 10.8. The zero-order valence-corrected chi connectivity index (χ0v) is 9.22. The first-order valence-corrected chi connectivity index (χ1v) is 4.64. The van der Waals surface area contributed by atoms with Crippen molar-refractivity contribution in [2.24, 2.45) is 0 Å². The van der Waals surface area contributed by atoms with Crippen LogP contribution in [0.15, 0.2) is 12.1 Å². The Kier molecular flexibility index (Phi) is 3.94. The number of aldehydes is 1. The second-order valence-corrected chi connectivity index (χ2v) is 3.31. The van der Waals surface area contributed by atoms with E-state index in [0.29, 0.717) is 5.75 Å². The highest BCUT2D eigenvalue weighted by molar-refractivity contribution is 6.45. The molecule has 80 valence electrons. The van der Waals surface area contributed by atoms with Gasteiger partial charge >= 0.3 is 0 Å². The maximum Gasteiger partial charge on any atom is 0.288 e. The molecule has 0 saturated carbocycles. The lowest BCUT2D eigenvalue weighted by Gasteiger charge is -2.08. The Labute approximate surface area is 96.1 Å². The highest BCUT2D eigenvalue weighted by Crippen LogP contribution is 2.37. The molecule has 1 aromatic carbocycles. The average molecular weight is 248 g/mol. The highest BCUT2D eigenvalue weighted by atomic mass is 35.5. The second kappa shape index (κ2) is 5.00. The Balaban J connectivity index is 3.06. The molecule has 1 aromatic rings. The molecule has 6 heteroatoms. The number of methoxy groups -OCH3 is 1. The summed E-state index contributed by atoms with van der Waals surface area (Å²) in [5, 5.41) is 2.59. The van der Waals surface area contributed by atoms with Gasteiger partial charge in [0.2, 0.25) is 6.29 Å². The van der Waals surface area contributed by atoms with E-state index in [0.717, 1.165) is 0 Å². The van der Waals surface area contributed by atoms with Crippen LogP contribution in [0.3, 0.4) is 0 Å². The lowest BCUT2D eigenvalue weighted by molar-refractivity contribution is -0.127. The van der Waals surface area contributed by atoms with E-state index in [1.165, 1.54) is 19.2 Å². The van der Waals surface area contributed by atoms with E-state index in [4.69, 9.17) is 27.9 Å². The number of nitrogens with one attached hydrogen (secondary N) is 1. The molecule has 0 aliphatic carbocycles. The van der Waals surface area contributed by atoms with Crippen molar-refractivity contribution in [3.8, 4) is 5.75 Å². The molecule has 0 aliphatic rings. The zero-order chi connectivity index (χ0) is 11.4. The third kappa shape index (κ3) is 2.61. The van der Waals surface area contributed by atoms with Crippen LogP contribution in [0.5, 0.6) is 5.75 Å². The largest absolute Gasteiger partial charge is 0.495 e. The van der Waals surface area contributed by atoms with Gasteiger partial charge in [0, 0.05) is 0 Å². The number of carbonyl (C=O) groups excluding carboxylic acids is 2. The third-order valence-electron chi connectivity index (χ3n) is 1.63. The Morgan fingerprint density at radius 1 is 1.40 bits per heavy atom. The molecule has 0 aliphatic heterocycles. The lowest BCUT2D eigenvalue weighted by atomic mass is 10.3. The van der Waals surface area contributed by atoms with Crippen molar-refractivity contribution < 1.29 is 14.3 Å². The number of halogens is 2. The van der Waals surface area contributed by atoms with E-state index >= 15 is 0 Å². The summed E-state index contributed by atoms with van der Waals surface area (Å²) in [6, 6.07) is 3.03. The minimum atomic E-state index is -0.793. The van der Waals surface area contributed by atoms with Gasteiger partial charge in [-0.1, -0.05) is 23.2 Å². The number of carbonyl (C=O) groups is 2. The molecule has 0 atom stereocenters. The predicted molar refractivity (Wildman–Crippen MR) is 57.7 cm³/mol. The molecule has 1 N–H and O–H groups in total. The molecule has 15 heavy (non-hydrogen) atoms. The molecule has 1 rings (SSSR count). The van der Waals surface area contributed by atoms with Gasteiger partial charge in [0.1, 0.15) is 10.8 Å². The van der Waals surface area contributed by atoms with Gasteiger partial charge < -0.3 is 10.1 Å². The van der Waals surface area contributed by atoms with E-state index in [9.17, 15) is 9.59 Å². The molecular formula is C9H7Cl2NO3. The van der Waals surface area contributed by atoms with Crippen LogP contribution < -0.4 is 10.1 Å². The van der Waals surface area contributed by atoms with Crippen molar-refractivity contribution in [1.82, 2.24) is 0 Å². The van der Waals surface area contributed by atoms with E-state index in [2.05, 4.69) is 5.32 Å². The highest BCUT2D eigenvalue weighted by Gasteiger charge is 2.11. The molecule has 4 nitrogen and oxygen atoms in total. The Morgan fingerprint density at radius 2 is 2.07 bits per heavy atom. The van der Waals surface area contributed by atoms with Crippen molar-refractivity contribution in [1.29, 1.82) is 0 Å². The van der Waals surface area contributed by atoms with Gasteiger partial charge in [0.15, 0.2) is 0 Å². The molecule has 0 spiro atoms. The number of hydrogen-bond acceptors (Lipinski definition) is 3. The minimum absolute atomic E-state index is 0.131. The second-order valence-electron chi connectivity index (χ2n) is 2.55. The number of amides is 1. The van der Waals surface area contributed by atoms with Crippen LogP contribution in [0.1, 0.15) is 0 Å². The maximum atomic E-state index is 10.8. The quantitative estimate of drug-likeness (QED) is 0.658. The van der Waals surface area contributed by atoms with Gasteiger partial charge in [-0.25, -0.2) is 0 Å². The molecule has 1 amide bonds. The molecule has 0 saturated heterocycles. The Hall–Kier alpha value is -1.26. The number of rotatable bonds is 3. The van der Waals surface area contributed by atoms with Crippen LogP contribution in [-0.2, 0) is 9.59 Å². The number of ether oxygens (including phenoxy) is 1. The molecule has 0 heterocycles. The van der Waals surface area contributed by atoms with E-state index in [-0.39, 0.29) is 22.0 Å². The fourth-order valence-electron chi connectivity index (χ4n) is 0.948. The average Bonchev–Trinajstić information content (AvgIpc) is 2.25. The molecule has 0 fully saturated rings. The van der Waals surface area contributed by atoms with E-state index in [1.807, 2.05) is 0 Å². The third-order valence-corrected chi connectivity index (χ3v) is 2.50. The summed E-state index contributed by atoms with van der Waals surface area (Å²) in [4.78, 5) is 20.9. The summed E-state index contributed by atoms with van der Waals surface area (Å²) in [5.74, 6) is -0.399. The van der Waals surface area contributed by atoms with Gasteiger partial charge in [0.25, 0.3) is 5.91 Å². The fraction of sp³-hybridized carbons (Fsp3) is 0.111. The van der Waals surface area contributed by atoms with Crippen LogP contribution in [0.2, 0.25) is 10.0 Å². The SMILES string of the molecule is COc1ccc(NC(=O)C=O)c(Cl)c1Cl. The van der Waals surface area contributed by atoms with Crippen LogP contribution in [0.4, 0.5) is 5.69 Å². The summed E-state index contributed by atoms with van der Waals surface area (Å²) in [6.45, 7) is 0. The Bertz CT molecular complexity index is 407. The van der Waals surface area contributed by atoms with Crippen LogP contribution in [0.25, 0.3) is 0 Å². The van der Waals surface area contributed by atoms with Gasteiger partial charge in [-0.2, -0.15) is 0 Å². The van der Waals surface area contributed by atoms with Gasteiger partial charge in [0.05, 0.1) is 17.8 Å². The van der Waals surface area contributed by atoms with Crippen LogP contribution in [0, 0.1) is 0 Å². The van der Waals surface area contributed by atoms with Crippen molar-refractivity contribution >= 4 is 41.1 Å². The topological polar surface area (TPSA) is 55.4 Å². The summed E-state index contributed by atoms with van der Waals surface area (Å²) >= 11 is 11.7. The van der Waals surface area contributed by atoms with Crippen molar-refractivity contribution in [3.63, 3.8) is 0 Å². The van der Waals surface area contributed by atoms with Gasteiger partial charge in [-0.05, 0) is 12.1 Å². The predicted octanol–water partition coefficient (Wildman–Crippen LogP) is 2.14. The molecule has 0 unspecified atom stereocenters. The van der Waals surface area contributed by atoms with Gasteiger partial charge in [-0.15, -0.1) is 0 Å². The first-order chi connectivity index (χ1) is 7.10. The van der Waals surface area contributed by atoms with Crippen LogP contribution >= 0.6 is 23.2 Å². The first kappa shape index (κ1) is 11.8. The smallest absolute Gasteiger partial charge is 0.288 e. The summed E-state index contributed by atoms with van der Waals surface area (Å²) < 4.78 is 4.91.